The van der Waals surface area contributed by atoms with Gasteiger partial charge in [0, 0.05) is 19.6 Å². The molecule has 0 saturated carbocycles. The highest BCUT2D eigenvalue weighted by Gasteiger charge is 2.16. The molecule has 84 valence electrons. The molecule has 1 atom stereocenters. The van der Waals surface area contributed by atoms with E-state index < -0.39 is 10.0 Å². The zero-order valence-corrected chi connectivity index (χ0v) is 9.27. The third kappa shape index (κ3) is 4.36. The Morgan fingerprint density at radius 2 is 2.36 bits per heavy atom. The molecule has 2 N–H and O–H groups in total. The molecule has 0 aromatic heterocycles. The van der Waals surface area contributed by atoms with Gasteiger partial charge in [0.1, 0.15) is 0 Å². The monoisotopic (exact) mass is 222 g/mol. The Morgan fingerprint density at radius 3 is 2.93 bits per heavy atom. The molecule has 5 nitrogen and oxygen atoms in total. The van der Waals surface area contributed by atoms with Crippen LogP contribution < -0.4 is 10.0 Å². The van der Waals surface area contributed by atoms with Crippen LogP contribution in [-0.2, 0) is 14.8 Å². The summed E-state index contributed by atoms with van der Waals surface area (Å²) >= 11 is 0. The SMILES string of the molecule is CCCS(=O)(=O)NCC1CNCCO1. The second kappa shape index (κ2) is 5.65. The molecule has 0 radical (unpaired) electrons. The topological polar surface area (TPSA) is 67.4 Å². The molecule has 1 aliphatic heterocycles. The highest BCUT2D eigenvalue weighted by atomic mass is 32.2. The van der Waals surface area contributed by atoms with Crippen molar-refractivity contribution in [2.75, 3.05) is 32.0 Å². The molecular weight excluding hydrogens is 204 g/mol. The largest absolute Gasteiger partial charge is 0.374 e. The average Bonchev–Trinajstić information content (AvgIpc) is 2.17. The fourth-order valence-corrected chi connectivity index (χ4v) is 2.43. The van der Waals surface area contributed by atoms with Gasteiger partial charge in [0.25, 0.3) is 0 Å². The molecule has 0 aliphatic carbocycles. The second-order valence-electron chi connectivity index (χ2n) is 3.36. The van der Waals surface area contributed by atoms with Crippen LogP contribution in [0.3, 0.4) is 0 Å². The van der Waals surface area contributed by atoms with Crippen molar-refractivity contribution in [3.8, 4) is 0 Å². The molecule has 14 heavy (non-hydrogen) atoms. The van der Waals surface area contributed by atoms with E-state index in [0.29, 0.717) is 26.1 Å². The van der Waals surface area contributed by atoms with E-state index >= 15 is 0 Å². The summed E-state index contributed by atoms with van der Waals surface area (Å²) in [5.41, 5.74) is 0. The van der Waals surface area contributed by atoms with Gasteiger partial charge in [-0.25, -0.2) is 13.1 Å². The van der Waals surface area contributed by atoms with Gasteiger partial charge in [-0.3, -0.25) is 0 Å². The van der Waals surface area contributed by atoms with Crippen LogP contribution in [0, 0.1) is 0 Å². The van der Waals surface area contributed by atoms with Crippen LogP contribution in [0.2, 0.25) is 0 Å². The van der Waals surface area contributed by atoms with E-state index in [1.165, 1.54) is 0 Å². The summed E-state index contributed by atoms with van der Waals surface area (Å²) in [6, 6.07) is 0. The zero-order valence-electron chi connectivity index (χ0n) is 8.45. The Labute approximate surface area is 85.3 Å². The van der Waals surface area contributed by atoms with Crippen molar-refractivity contribution in [2.24, 2.45) is 0 Å². The van der Waals surface area contributed by atoms with Crippen LogP contribution in [0.5, 0.6) is 0 Å². The molecule has 1 saturated heterocycles. The standard InChI is InChI=1S/C8H18N2O3S/c1-2-5-14(11,12)10-7-8-6-9-3-4-13-8/h8-10H,2-7H2,1H3. The number of hydrogen-bond donors (Lipinski definition) is 2. The van der Waals surface area contributed by atoms with Gasteiger partial charge in [-0.1, -0.05) is 6.92 Å². The predicted octanol–water partition coefficient (Wildman–Crippen LogP) is -0.696. The highest BCUT2D eigenvalue weighted by molar-refractivity contribution is 7.89. The number of morpholine rings is 1. The minimum atomic E-state index is -3.09. The lowest BCUT2D eigenvalue weighted by molar-refractivity contribution is 0.0324. The average molecular weight is 222 g/mol. The van der Waals surface area contributed by atoms with E-state index in [-0.39, 0.29) is 11.9 Å². The number of ether oxygens (including phenoxy) is 1. The van der Waals surface area contributed by atoms with E-state index in [9.17, 15) is 8.42 Å². The van der Waals surface area contributed by atoms with Crippen molar-refractivity contribution < 1.29 is 13.2 Å². The summed E-state index contributed by atoms with van der Waals surface area (Å²) in [5, 5.41) is 3.14. The van der Waals surface area contributed by atoms with Crippen LogP contribution in [0.1, 0.15) is 13.3 Å². The van der Waals surface area contributed by atoms with Gasteiger partial charge in [0.05, 0.1) is 18.5 Å². The zero-order chi connectivity index (χ0) is 10.4. The van der Waals surface area contributed by atoms with Crippen LogP contribution in [-0.4, -0.2) is 46.5 Å². The van der Waals surface area contributed by atoms with Gasteiger partial charge in [0.15, 0.2) is 0 Å². The molecule has 1 rings (SSSR count). The molecule has 1 heterocycles. The van der Waals surface area contributed by atoms with Crippen molar-refractivity contribution >= 4 is 10.0 Å². The lowest BCUT2D eigenvalue weighted by Crippen LogP contribution is -2.45. The van der Waals surface area contributed by atoms with E-state index in [2.05, 4.69) is 10.0 Å². The fourth-order valence-electron chi connectivity index (χ4n) is 1.31. The van der Waals surface area contributed by atoms with Gasteiger partial charge in [-0.15, -0.1) is 0 Å². The van der Waals surface area contributed by atoms with E-state index in [0.717, 1.165) is 6.54 Å². The number of rotatable bonds is 5. The molecule has 6 heteroatoms. The predicted molar refractivity (Wildman–Crippen MR) is 54.7 cm³/mol. The van der Waals surface area contributed by atoms with E-state index in [1.54, 1.807) is 0 Å². The van der Waals surface area contributed by atoms with E-state index in [4.69, 9.17) is 4.74 Å². The summed E-state index contributed by atoms with van der Waals surface area (Å²) in [6.07, 6.45) is 0.606. The van der Waals surface area contributed by atoms with E-state index in [1.807, 2.05) is 6.92 Å². The van der Waals surface area contributed by atoms with Crippen LogP contribution in [0.4, 0.5) is 0 Å². The van der Waals surface area contributed by atoms with Gasteiger partial charge in [-0.05, 0) is 6.42 Å². The van der Waals surface area contributed by atoms with Crippen molar-refractivity contribution in [1.29, 1.82) is 0 Å². The van der Waals surface area contributed by atoms with Crippen molar-refractivity contribution in [2.45, 2.75) is 19.4 Å². The number of hydrogen-bond acceptors (Lipinski definition) is 4. The molecule has 1 unspecified atom stereocenters. The summed E-state index contributed by atoms with van der Waals surface area (Å²) in [4.78, 5) is 0. The first-order valence-corrected chi connectivity index (χ1v) is 6.59. The first kappa shape index (κ1) is 11.9. The smallest absolute Gasteiger partial charge is 0.211 e. The van der Waals surface area contributed by atoms with Gasteiger partial charge < -0.3 is 10.1 Å². The molecule has 0 amide bonds. The van der Waals surface area contributed by atoms with Crippen molar-refractivity contribution in [3.05, 3.63) is 0 Å². The lowest BCUT2D eigenvalue weighted by Gasteiger charge is -2.23. The Kier molecular flexibility index (Phi) is 4.80. The molecule has 0 bridgehead atoms. The fraction of sp³-hybridized carbons (Fsp3) is 1.00. The summed E-state index contributed by atoms with van der Waals surface area (Å²) < 4.78 is 30.5. The lowest BCUT2D eigenvalue weighted by atomic mass is 10.3. The maximum Gasteiger partial charge on any atom is 0.211 e. The van der Waals surface area contributed by atoms with Crippen LogP contribution in [0.15, 0.2) is 0 Å². The van der Waals surface area contributed by atoms with Gasteiger partial charge >= 0.3 is 0 Å². The number of sulfonamides is 1. The summed E-state index contributed by atoms with van der Waals surface area (Å²) in [5.74, 6) is 0.188. The molecular formula is C8H18N2O3S. The molecule has 1 fully saturated rings. The Balaban J connectivity index is 2.24. The molecule has 1 aliphatic rings. The Bertz CT molecular complexity index is 247. The van der Waals surface area contributed by atoms with Crippen LogP contribution >= 0.6 is 0 Å². The minimum absolute atomic E-state index is 0.0321. The van der Waals surface area contributed by atoms with Crippen molar-refractivity contribution in [1.82, 2.24) is 10.0 Å². The van der Waals surface area contributed by atoms with Gasteiger partial charge in [-0.2, -0.15) is 0 Å². The third-order valence-corrected chi connectivity index (χ3v) is 3.56. The number of nitrogens with one attached hydrogen (secondary N) is 2. The van der Waals surface area contributed by atoms with Crippen LogP contribution in [0.25, 0.3) is 0 Å². The Morgan fingerprint density at radius 1 is 1.57 bits per heavy atom. The minimum Gasteiger partial charge on any atom is -0.374 e. The highest BCUT2D eigenvalue weighted by Crippen LogP contribution is 1.96. The van der Waals surface area contributed by atoms with Crippen molar-refractivity contribution in [3.63, 3.8) is 0 Å². The molecule has 0 aromatic rings. The maximum atomic E-state index is 11.3. The Hall–Kier alpha value is -0.170. The normalized spacial score (nSPS) is 23.6. The summed E-state index contributed by atoms with van der Waals surface area (Å²) in [6.45, 7) is 4.43. The van der Waals surface area contributed by atoms with Gasteiger partial charge in [0.2, 0.25) is 10.0 Å². The first-order valence-electron chi connectivity index (χ1n) is 4.93. The molecule has 0 spiro atoms. The quantitative estimate of drug-likeness (QED) is 0.646. The first-order chi connectivity index (χ1) is 6.64. The third-order valence-electron chi connectivity index (χ3n) is 2.01. The second-order valence-corrected chi connectivity index (χ2v) is 5.29. The summed E-state index contributed by atoms with van der Waals surface area (Å²) in [7, 11) is -3.09. The maximum absolute atomic E-state index is 11.3. The molecule has 0 aromatic carbocycles.